The van der Waals surface area contributed by atoms with Crippen molar-refractivity contribution >= 4 is 5.91 Å². The number of nitrogens with one attached hydrogen (secondary N) is 1. The fourth-order valence-corrected chi connectivity index (χ4v) is 5.95. The zero-order valence-corrected chi connectivity index (χ0v) is 25.5. The molecule has 4 heterocycles. The standard InChI is InChI=1S/C26H45NO21/c1-6(32)27-11-14(35)20(46-25-18(39)15(36)12(33)7(2-28)43-25)10(5-31)45-24(11)48-22-13(34)8(3-29)44-26(19(22)40)47-21-9(4-30)42-23(41)17(38)16(21)37/h7-26,28-31,33-41H,2-5H2,1H3,(H,27,32)/t7-,8-,9-,10-,11-,12+,13+,14-,15+,16-,17-,18-,19-,20-,21-,22+,23+,24+,25+,26+/m1/s1. The average Bonchev–Trinajstić information content (AvgIpc) is 3.06. The second kappa shape index (κ2) is 16.8. The zero-order valence-electron chi connectivity index (χ0n) is 25.5. The molecule has 0 bridgehead atoms. The van der Waals surface area contributed by atoms with Gasteiger partial charge in [-0.1, -0.05) is 0 Å². The monoisotopic (exact) mass is 707 g/mol. The maximum atomic E-state index is 12.2. The molecule has 1 amide bonds. The van der Waals surface area contributed by atoms with Gasteiger partial charge in [-0.2, -0.15) is 0 Å². The van der Waals surface area contributed by atoms with Crippen LogP contribution in [0.4, 0.5) is 0 Å². The van der Waals surface area contributed by atoms with E-state index in [1.165, 1.54) is 0 Å². The van der Waals surface area contributed by atoms with Crippen LogP contribution in [0.2, 0.25) is 0 Å². The Balaban J connectivity index is 1.56. The summed E-state index contributed by atoms with van der Waals surface area (Å²) in [5.74, 6) is -0.755. The first-order valence-corrected chi connectivity index (χ1v) is 15.1. The van der Waals surface area contributed by atoms with Crippen molar-refractivity contribution in [2.24, 2.45) is 0 Å². The predicted molar refractivity (Wildman–Crippen MR) is 145 cm³/mol. The van der Waals surface area contributed by atoms with Crippen molar-refractivity contribution in [3.8, 4) is 0 Å². The highest BCUT2D eigenvalue weighted by atomic mass is 16.8. The summed E-state index contributed by atoms with van der Waals surface area (Å²) >= 11 is 0. The van der Waals surface area contributed by atoms with Crippen molar-refractivity contribution in [1.82, 2.24) is 5.32 Å². The molecule has 22 heteroatoms. The molecule has 0 aromatic heterocycles. The van der Waals surface area contributed by atoms with Gasteiger partial charge in [0.15, 0.2) is 25.2 Å². The van der Waals surface area contributed by atoms with Crippen LogP contribution >= 0.6 is 0 Å². The fraction of sp³-hybridized carbons (Fsp3) is 0.962. The first-order valence-electron chi connectivity index (χ1n) is 15.1. The molecular formula is C26H45NO21. The molecule has 4 saturated heterocycles. The van der Waals surface area contributed by atoms with E-state index in [2.05, 4.69) is 5.32 Å². The van der Waals surface area contributed by atoms with E-state index in [4.69, 9.17) is 33.2 Å². The van der Waals surface area contributed by atoms with Gasteiger partial charge in [-0.05, 0) is 0 Å². The number of carbonyl (C=O) groups is 1. The SMILES string of the molecule is CC(=O)N[C@H]1[C@H](O[C@H]2[C@@H](O)[C@@H](CO)O[C@@H](O[C@H]3[C@H](O)[C@@H](O)[C@@H](O)O[C@@H]3CO)[C@@H]2O)O[C@H](CO)[C@@H](O[C@@H]2O[C@H](CO)[C@H](O)[C@H](O)[C@H]2O)[C@@H]1O. The van der Waals surface area contributed by atoms with Crippen LogP contribution in [0.25, 0.3) is 0 Å². The molecule has 0 aromatic rings. The van der Waals surface area contributed by atoms with E-state index >= 15 is 0 Å². The number of amides is 1. The largest absolute Gasteiger partial charge is 0.394 e. The lowest BCUT2D eigenvalue weighted by Gasteiger charge is -2.49. The number of aliphatic hydroxyl groups excluding tert-OH is 13. The van der Waals surface area contributed by atoms with Crippen LogP contribution < -0.4 is 5.32 Å². The molecule has 4 aliphatic heterocycles. The fourth-order valence-electron chi connectivity index (χ4n) is 5.95. The molecule has 14 N–H and O–H groups in total. The maximum Gasteiger partial charge on any atom is 0.217 e. The maximum absolute atomic E-state index is 12.2. The van der Waals surface area contributed by atoms with Gasteiger partial charge in [0.25, 0.3) is 0 Å². The number of rotatable bonds is 11. The highest BCUT2D eigenvalue weighted by Gasteiger charge is 2.55. The summed E-state index contributed by atoms with van der Waals surface area (Å²) in [6.07, 6.45) is -33.5. The van der Waals surface area contributed by atoms with Crippen LogP contribution in [-0.4, -0.2) is 221 Å². The Bertz CT molecular complexity index is 1030. The van der Waals surface area contributed by atoms with Gasteiger partial charge in [0.1, 0.15) is 97.6 Å². The molecule has 0 saturated carbocycles. The van der Waals surface area contributed by atoms with Crippen molar-refractivity contribution in [2.45, 2.75) is 130 Å². The molecule has 48 heavy (non-hydrogen) atoms. The van der Waals surface area contributed by atoms with Crippen molar-refractivity contribution in [2.75, 3.05) is 26.4 Å². The minimum Gasteiger partial charge on any atom is -0.394 e. The summed E-state index contributed by atoms with van der Waals surface area (Å²) in [6.45, 7) is -2.37. The second-order valence-corrected chi connectivity index (χ2v) is 11.9. The van der Waals surface area contributed by atoms with E-state index in [-0.39, 0.29) is 0 Å². The van der Waals surface area contributed by atoms with E-state index in [1.807, 2.05) is 0 Å². The third-order valence-electron chi connectivity index (χ3n) is 8.61. The predicted octanol–water partition coefficient (Wildman–Crippen LogP) is -9.61. The summed E-state index contributed by atoms with van der Waals surface area (Å²) in [5, 5.41) is 136. The third-order valence-corrected chi connectivity index (χ3v) is 8.61. The average molecular weight is 708 g/mol. The van der Waals surface area contributed by atoms with Gasteiger partial charge in [-0.15, -0.1) is 0 Å². The molecule has 280 valence electrons. The van der Waals surface area contributed by atoms with Crippen LogP contribution in [-0.2, 0) is 38.0 Å². The summed E-state index contributed by atoms with van der Waals surface area (Å²) in [5.41, 5.74) is 0. The van der Waals surface area contributed by atoms with Crippen LogP contribution in [0.3, 0.4) is 0 Å². The second-order valence-electron chi connectivity index (χ2n) is 11.9. The molecule has 0 radical (unpaired) electrons. The number of aliphatic hydroxyl groups is 13. The van der Waals surface area contributed by atoms with Crippen molar-refractivity contribution < 1.29 is 104 Å². The Morgan fingerprint density at radius 1 is 0.500 bits per heavy atom. The van der Waals surface area contributed by atoms with Gasteiger partial charge < -0.3 is 105 Å². The van der Waals surface area contributed by atoms with E-state index < -0.39 is 155 Å². The minimum absolute atomic E-state index is 0.755. The lowest BCUT2D eigenvalue weighted by molar-refractivity contribution is -0.380. The van der Waals surface area contributed by atoms with Crippen molar-refractivity contribution in [3.05, 3.63) is 0 Å². The van der Waals surface area contributed by atoms with Gasteiger partial charge in [-0.25, -0.2) is 0 Å². The lowest BCUT2D eigenvalue weighted by atomic mass is 9.94. The Labute approximate surface area is 272 Å². The Morgan fingerprint density at radius 3 is 1.50 bits per heavy atom. The van der Waals surface area contributed by atoms with Gasteiger partial charge in [0, 0.05) is 6.92 Å². The van der Waals surface area contributed by atoms with Crippen LogP contribution in [0.15, 0.2) is 0 Å². The molecule has 0 aliphatic carbocycles. The molecular weight excluding hydrogens is 662 g/mol. The van der Waals surface area contributed by atoms with Crippen LogP contribution in [0.5, 0.6) is 0 Å². The first-order chi connectivity index (χ1) is 22.7. The van der Waals surface area contributed by atoms with Crippen LogP contribution in [0, 0.1) is 0 Å². The molecule has 0 unspecified atom stereocenters. The zero-order chi connectivity index (χ0) is 35.6. The minimum atomic E-state index is -2.02. The first kappa shape index (κ1) is 39.5. The van der Waals surface area contributed by atoms with Gasteiger partial charge in [-0.3, -0.25) is 4.79 Å². The quantitative estimate of drug-likeness (QED) is 0.0947. The van der Waals surface area contributed by atoms with E-state index in [9.17, 15) is 71.2 Å². The Kier molecular flexibility index (Phi) is 13.8. The van der Waals surface area contributed by atoms with Gasteiger partial charge in [0.2, 0.25) is 5.91 Å². The van der Waals surface area contributed by atoms with Crippen molar-refractivity contribution in [1.29, 1.82) is 0 Å². The van der Waals surface area contributed by atoms with E-state index in [0.29, 0.717) is 0 Å². The van der Waals surface area contributed by atoms with Gasteiger partial charge >= 0.3 is 0 Å². The summed E-state index contributed by atoms with van der Waals surface area (Å²) in [6, 6.07) is -1.61. The molecule has 22 nitrogen and oxygen atoms in total. The normalized spacial score (nSPS) is 50.2. The molecule has 0 aromatic carbocycles. The molecule has 0 spiro atoms. The summed E-state index contributed by atoms with van der Waals surface area (Å²) < 4.78 is 38.5. The lowest BCUT2D eigenvalue weighted by Crippen LogP contribution is -2.69. The van der Waals surface area contributed by atoms with E-state index in [1.54, 1.807) is 0 Å². The molecule has 4 aliphatic rings. The highest BCUT2D eigenvalue weighted by molar-refractivity contribution is 5.73. The Hall–Kier alpha value is -1.33. The number of carbonyl (C=O) groups excluding carboxylic acids is 1. The molecule has 20 atom stereocenters. The molecule has 4 rings (SSSR count). The molecule has 4 fully saturated rings. The number of hydrogen-bond acceptors (Lipinski definition) is 21. The third kappa shape index (κ3) is 8.08. The smallest absolute Gasteiger partial charge is 0.217 e. The van der Waals surface area contributed by atoms with Gasteiger partial charge in [0.05, 0.1) is 26.4 Å². The Morgan fingerprint density at radius 2 is 0.958 bits per heavy atom. The highest BCUT2D eigenvalue weighted by Crippen LogP contribution is 2.34. The van der Waals surface area contributed by atoms with E-state index in [0.717, 1.165) is 6.92 Å². The topological polar surface area (TPSA) is 357 Å². The number of hydrogen-bond donors (Lipinski definition) is 14. The summed E-state index contributed by atoms with van der Waals surface area (Å²) in [4.78, 5) is 12.2. The van der Waals surface area contributed by atoms with Crippen LogP contribution in [0.1, 0.15) is 6.92 Å². The number of ether oxygens (including phenoxy) is 7. The summed E-state index contributed by atoms with van der Waals surface area (Å²) in [7, 11) is 0. The van der Waals surface area contributed by atoms with Crippen molar-refractivity contribution in [3.63, 3.8) is 0 Å².